The zero-order chi connectivity index (χ0) is 10.7. The number of amides is 1. The number of morpholine rings is 1. The van der Waals surface area contributed by atoms with Gasteiger partial charge < -0.3 is 9.64 Å². The lowest BCUT2D eigenvalue weighted by atomic mass is 9.87. The third kappa shape index (κ3) is 2.68. The molecular formula is C11H18FNO2. The van der Waals surface area contributed by atoms with Crippen molar-refractivity contribution in [1.82, 2.24) is 4.90 Å². The normalized spacial score (nSPS) is 32.7. The highest BCUT2D eigenvalue weighted by Crippen LogP contribution is 2.27. The standard InChI is InChI=1S/C11H18FNO2/c12-10-3-1-9(2-4-10)11(14)13-5-7-15-8-6-13/h9-10H,1-8H2/t9-,10-. The molecule has 0 unspecified atom stereocenters. The van der Waals surface area contributed by atoms with Crippen molar-refractivity contribution < 1.29 is 13.9 Å². The van der Waals surface area contributed by atoms with Gasteiger partial charge in [-0.1, -0.05) is 0 Å². The van der Waals surface area contributed by atoms with Crippen LogP contribution in [0.25, 0.3) is 0 Å². The number of rotatable bonds is 1. The van der Waals surface area contributed by atoms with Crippen LogP contribution in [0.15, 0.2) is 0 Å². The summed E-state index contributed by atoms with van der Waals surface area (Å²) in [7, 11) is 0. The van der Waals surface area contributed by atoms with E-state index in [1.807, 2.05) is 4.90 Å². The molecule has 1 amide bonds. The summed E-state index contributed by atoms with van der Waals surface area (Å²) in [6.07, 6.45) is 1.87. The SMILES string of the molecule is O=C([C@H]1CC[C@H](F)CC1)N1CCOCC1. The van der Waals surface area contributed by atoms with Gasteiger partial charge in [0.15, 0.2) is 0 Å². The molecule has 2 aliphatic rings. The molecule has 0 spiro atoms. The van der Waals surface area contributed by atoms with Crippen LogP contribution in [0.3, 0.4) is 0 Å². The van der Waals surface area contributed by atoms with Crippen molar-refractivity contribution in [2.24, 2.45) is 5.92 Å². The molecule has 0 N–H and O–H groups in total. The largest absolute Gasteiger partial charge is 0.378 e. The van der Waals surface area contributed by atoms with Gasteiger partial charge in [-0.25, -0.2) is 4.39 Å². The topological polar surface area (TPSA) is 29.5 Å². The highest BCUT2D eigenvalue weighted by Gasteiger charge is 2.29. The Balaban J connectivity index is 1.84. The summed E-state index contributed by atoms with van der Waals surface area (Å²) in [5.74, 6) is 0.278. The summed E-state index contributed by atoms with van der Waals surface area (Å²) in [5, 5.41) is 0. The van der Waals surface area contributed by atoms with Crippen molar-refractivity contribution in [3.05, 3.63) is 0 Å². The van der Waals surface area contributed by atoms with Crippen LogP contribution in [0.2, 0.25) is 0 Å². The second-order valence-electron chi connectivity index (χ2n) is 4.39. The van der Waals surface area contributed by atoms with Crippen LogP contribution in [0, 0.1) is 5.92 Å². The minimum absolute atomic E-state index is 0.0649. The van der Waals surface area contributed by atoms with Crippen LogP contribution in [-0.4, -0.2) is 43.3 Å². The number of alkyl halides is 1. The first-order chi connectivity index (χ1) is 7.27. The summed E-state index contributed by atoms with van der Waals surface area (Å²) in [4.78, 5) is 13.9. The highest BCUT2D eigenvalue weighted by molar-refractivity contribution is 5.79. The number of halogens is 1. The van der Waals surface area contributed by atoms with Gasteiger partial charge in [0.2, 0.25) is 5.91 Å². The molecule has 0 radical (unpaired) electrons. The summed E-state index contributed by atoms with van der Waals surface area (Å²) in [6, 6.07) is 0. The molecule has 3 nitrogen and oxygen atoms in total. The minimum atomic E-state index is -0.682. The van der Waals surface area contributed by atoms with E-state index in [0.717, 1.165) is 12.8 Å². The third-order valence-electron chi connectivity index (χ3n) is 3.33. The van der Waals surface area contributed by atoms with Crippen molar-refractivity contribution in [2.75, 3.05) is 26.3 Å². The number of carbonyl (C=O) groups excluding carboxylic acids is 1. The van der Waals surface area contributed by atoms with Crippen molar-refractivity contribution in [3.63, 3.8) is 0 Å². The lowest BCUT2D eigenvalue weighted by molar-refractivity contribution is -0.141. The molecule has 1 saturated heterocycles. The fourth-order valence-corrected chi connectivity index (χ4v) is 2.34. The quantitative estimate of drug-likeness (QED) is 0.661. The number of carbonyl (C=O) groups is 1. The maximum absolute atomic E-state index is 12.9. The molecule has 1 aliphatic carbocycles. The van der Waals surface area contributed by atoms with Crippen molar-refractivity contribution in [3.8, 4) is 0 Å². The van der Waals surface area contributed by atoms with E-state index in [2.05, 4.69) is 0 Å². The van der Waals surface area contributed by atoms with Crippen LogP contribution < -0.4 is 0 Å². The van der Waals surface area contributed by atoms with Crippen LogP contribution in [0.1, 0.15) is 25.7 Å². The van der Waals surface area contributed by atoms with Crippen molar-refractivity contribution >= 4 is 5.91 Å². The van der Waals surface area contributed by atoms with Gasteiger partial charge in [0.25, 0.3) is 0 Å². The zero-order valence-corrected chi connectivity index (χ0v) is 8.95. The van der Waals surface area contributed by atoms with E-state index in [1.54, 1.807) is 0 Å². The molecule has 4 heteroatoms. The number of nitrogens with zero attached hydrogens (tertiary/aromatic N) is 1. The van der Waals surface area contributed by atoms with Crippen molar-refractivity contribution in [1.29, 1.82) is 0 Å². The molecule has 1 saturated carbocycles. The van der Waals surface area contributed by atoms with Gasteiger partial charge in [0, 0.05) is 19.0 Å². The minimum Gasteiger partial charge on any atom is -0.378 e. The fraction of sp³-hybridized carbons (Fsp3) is 0.909. The molecule has 2 rings (SSSR count). The molecule has 0 aromatic heterocycles. The molecule has 1 aliphatic heterocycles. The van der Waals surface area contributed by atoms with Crippen LogP contribution >= 0.6 is 0 Å². The Morgan fingerprint density at radius 1 is 1.13 bits per heavy atom. The maximum Gasteiger partial charge on any atom is 0.225 e. The lowest BCUT2D eigenvalue weighted by Crippen LogP contribution is -2.44. The predicted octanol–water partition coefficient (Wildman–Crippen LogP) is 1.37. The molecule has 0 bridgehead atoms. The number of hydrogen-bond donors (Lipinski definition) is 0. The molecule has 15 heavy (non-hydrogen) atoms. The van der Waals surface area contributed by atoms with Gasteiger partial charge in [-0.15, -0.1) is 0 Å². The molecule has 1 heterocycles. The monoisotopic (exact) mass is 215 g/mol. The number of ether oxygens (including phenoxy) is 1. The van der Waals surface area contributed by atoms with Gasteiger partial charge in [-0.3, -0.25) is 4.79 Å². The number of hydrogen-bond acceptors (Lipinski definition) is 2. The van der Waals surface area contributed by atoms with Gasteiger partial charge >= 0.3 is 0 Å². The Morgan fingerprint density at radius 2 is 1.73 bits per heavy atom. The molecular weight excluding hydrogens is 197 g/mol. The van der Waals surface area contributed by atoms with E-state index in [0.29, 0.717) is 39.1 Å². The molecule has 0 atom stereocenters. The van der Waals surface area contributed by atoms with E-state index in [1.165, 1.54) is 0 Å². The smallest absolute Gasteiger partial charge is 0.225 e. The predicted molar refractivity (Wildman–Crippen MR) is 54.3 cm³/mol. The van der Waals surface area contributed by atoms with Crippen LogP contribution in [0.4, 0.5) is 4.39 Å². The second kappa shape index (κ2) is 4.92. The third-order valence-corrected chi connectivity index (χ3v) is 3.33. The lowest BCUT2D eigenvalue weighted by Gasteiger charge is -2.32. The molecule has 0 aromatic rings. The van der Waals surface area contributed by atoms with E-state index in [9.17, 15) is 9.18 Å². The van der Waals surface area contributed by atoms with Gasteiger partial charge in [-0.05, 0) is 25.7 Å². The van der Waals surface area contributed by atoms with E-state index < -0.39 is 6.17 Å². The van der Waals surface area contributed by atoms with E-state index in [-0.39, 0.29) is 11.8 Å². The first kappa shape index (κ1) is 10.9. The maximum atomic E-state index is 12.9. The summed E-state index contributed by atoms with van der Waals surface area (Å²) < 4.78 is 18.1. The van der Waals surface area contributed by atoms with Gasteiger partial charge in [0.1, 0.15) is 6.17 Å². The Labute approximate surface area is 89.6 Å². The average molecular weight is 215 g/mol. The van der Waals surface area contributed by atoms with Crippen LogP contribution in [0.5, 0.6) is 0 Å². The average Bonchev–Trinajstić information content (AvgIpc) is 2.30. The Hall–Kier alpha value is -0.640. The Kier molecular flexibility index (Phi) is 3.57. The van der Waals surface area contributed by atoms with Crippen LogP contribution in [-0.2, 0) is 9.53 Å². The summed E-state index contributed by atoms with van der Waals surface area (Å²) >= 11 is 0. The summed E-state index contributed by atoms with van der Waals surface area (Å²) in [6.45, 7) is 2.69. The fourth-order valence-electron chi connectivity index (χ4n) is 2.34. The van der Waals surface area contributed by atoms with E-state index in [4.69, 9.17) is 4.74 Å². The Morgan fingerprint density at radius 3 is 2.33 bits per heavy atom. The Bertz CT molecular complexity index is 221. The molecule has 86 valence electrons. The zero-order valence-electron chi connectivity index (χ0n) is 8.95. The first-order valence-corrected chi connectivity index (χ1v) is 5.78. The second-order valence-corrected chi connectivity index (χ2v) is 4.39. The van der Waals surface area contributed by atoms with E-state index >= 15 is 0 Å². The van der Waals surface area contributed by atoms with Crippen molar-refractivity contribution in [2.45, 2.75) is 31.9 Å². The highest BCUT2D eigenvalue weighted by atomic mass is 19.1. The first-order valence-electron chi connectivity index (χ1n) is 5.78. The van der Waals surface area contributed by atoms with Gasteiger partial charge in [0.05, 0.1) is 13.2 Å². The van der Waals surface area contributed by atoms with Gasteiger partial charge in [-0.2, -0.15) is 0 Å². The molecule has 0 aromatic carbocycles. The molecule has 2 fully saturated rings. The summed E-state index contributed by atoms with van der Waals surface area (Å²) in [5.41, 5.74) is 0.